The lowest BCUT2D eigenvalue weighted by atomic mass is 9.82. The molecule has 0 aliphatic carbocycles. The van der Waals surface area contributed by atoms with E-state index in [4.69, 9.17) is 9.84 Å². The van der Waals surface area contributed by atoms with E-state index in [1.807, 2.05) is 13.8 Å². The molecule has 2 heterocycles. The molecular weight excluding hydrogens is 316 g/mol. The second kappa shape index (κ2) is 7.92. The van der Waals surface area contributed by atoms with Crippen LogP contribution in [0.4, 0.5) is 0 Å². The molecule has 0 bridgehead atoms. The van der Waals surface area contributed by atoms with Gasteiger partial charge in [-0.15, -0.1) is 0 Å². The van der Waals surface area contributed by atoms with Crippen LogP contribution in [0.2, 0.25) is 0 Å². The molecule has 0 spiro atoms. The van der Waals surface area contributed by atoms with E-state index < -0.39 is 5.54 Å². The van der Waals surface area contributed by atoms with Gasteiger partial charge in [0.25, 0.3) is 0 Å². The Morgan fingerprint density at radius 2 is 2.00 bits per heavy atom. The molecule has 138 valence electrons. The number of ether oxygens (including phenoxy) is 1. The molecule has 2 rings (SSSR count). The Morgan fingerprint density at radius 3 is 2.42 bits per heavy atom. The van der Waals surface area contributed by atoms with Crippen LogP contribution in [-0.4, -0.2) is 46.2 Å². The van der Waals surface area contributed by atoms with E-state index in [-0.39, 0.29) is 41.3 Å². The van der Waals surface area contributed by atoms with Crippen LogP contribution in [0, 0.1) is 22.0 Å². The van der Waals surface area contributed by atoms with Gasteiger partial charge in [-0.25, -0.2) is 0 Å². The van der Waals surface area contributed by atoms with Crippen LogP contribution >= 0.6 is 0 Å². The summed E-state index contributed by atoms with van der Waals surface area (Å²) < 4.78 is 4.72. The Bertz CT molecular complexity index is 489. The maximum Gasteiger partial charge on any atom is 0.306 e. The minimum Gasteiger partial charge on any atom is -0.466 e. The minimum absolute atomic E-state index is 0.105. The summed E-state index contributed by atoms with van der Waals surface area (Å²) in [5.41, 5.74) is -1.15. The van der Waals surface area contributed by atoms with Crippen molar-refractivity contribution in [2.75, 3.05) is 13.2 Å². The topological polar surface area (TPSA) is 119 Å². The standard InChI is InChI=1S/C8H13NO4.C8H15NO2/c1-8(2,9(11)12)6-3-4-13-7(10)5-6;1-8(2)6(3-4-10)5-7(11)9-8/h6H,3-5H2,1-2H3;6,10H,3-5H2,1-2H3,(H,9,11). The van der Waals surface area contributed by atoms with E-state index in [1.165, 1.54) is 0 Å². The molecule has 8 heteroatoms. The van der Waals surface area contributed by atoms with Crippen molar-refractivity contribution in [2.24, 2.45) is 11.8 Å². The van der Waals surface area contributed by atoms with E-state index in [1.54, 1.807) is 13.8 Å². The largest absolute Gasteiger partial charge is 0.466 e. The summed E-state index contributed by atoms with van der Waals surface area (Å²) in [7, 11) is 0. The van der Waals surface area contributed by atoms with Gasteiger partial charge in [0.2, 0.25) is 11.4 Å². The number of cyclic esters (lactones) is 1. The number of rotatable bonds is 4. The van der Waals surface area contributed by atoms with Crippen LogP contribution in [0.25, 0.3) is 0 Å². The molecule has 0 saturated carbocycles. The van der Waals surface area contributed by atoms with Crippen molar-refractivity contribution in [2.45, 2.75) is 64.5 Å². The van der Waals surface area contributed by atoms with Gasteiger partial charge >= 0.3 is 5.97 Å². The zero-order valence-corrected chi connectivity index (χ0v) is 14.8. The number of aliphatic hydroxyl groups is 1. The summed E-state index contributed by atoms with van der Waals surface area (Å²) in [5, 5.41) is 22.3. The fourth-order valence-electron chi connectivity index (χ4n) is 3.04. The number of hydrogen-bond donors (Lipinski definition) is 2. The number of aliphatic hydroxyl groups excluding tert-OH is 1. The summed E-state index contributed by atoms with van der Waals surface area (Å²) in [6.45, 7) is 7.58. The predicted molar refractivity (Wildman–Crippen MR) is 86.8 cm³/mol. The van der Waals surface area contributed by atoms with Crippen molar-refractivity contribution >= 4 is 11.9 Å². The van der Waals surface area contributed by atoms with Gasteiger partial charge < -0.3 is 15.2 Å². The van der Waals surface area contributed by atoms with Crippen molar-refractivity contribution < 1.29 is 24.4 Å². The summed E-state index contributed by atoms with van der Waals surface area (Å²) in [6, 6.07) is 0. The fraction of sp³-hybridized carbons (Fsp3) is 0.875. The van der Waals surface area contributed by atoms with E-state index >= 15 is 0 Å². The second-order valence-corrected chi connectivity index (χ2v) is 7.50. The Labute approximate surface area is 142 Å². The summed E-state index contributed by atoms with van der Waals surface area (Å²) in [4.78, 5) is 32.2. The molecule has 8 nitrogen and oxygen atoms in total. The number of nitrogens with one attached hydrogen (secondary N) is 1. The molecule has 1 amide bonds. The molecule has 24 heavy (non-hydrogen) atoms. The zero-order chi connectivity index (χ0) is 18.5. The van der Waals surface area contributed by atoms with Crippen LogP contribution in [0.15, 0.2) is 0 Å². The molecular formula is C16H28N2O6. The molecule has 2 atom stereocenters. The zero-order valence-electron chi connectivity index (χ0n) is 14.8. The molecule has 2 saturated heterocycles. The van der Waals surface area contributed by atoms with Crippen molar-refractivity contribution in [3.63, 3.8) is 0 Å². The van der Waals surface area contributed by atoms with Crippen molar-refractivity contribution in [3.8, 4) is 0 Å². The molecule has 2 aliphatic rings. The number of carbonyl (C=O) groups is 2. The minimum atomic E-state index is -1.03. The van der Waals surface area contributed by atoms with Gasteiger partial charge in [0.05, 0.1) is 13.0 Å². The number of hydrogen-bond acceptors (Lipinski definition) is 6. The first-order valence-corrected chi connectivity index (χ1v) is 8.22. The van der Waals surface area contributed by atoms with Gasteiger partial charge in [-0.1, -0.05) is 0 Å². The highest BCUT2D eigenvalue weighted by molar-refractivity contribution is 5.79. The van der Waals surface area contributed by atoms with Crippen LogP contribution < -0.4 is 5.32 Å². The van der Waals surface area contributed by atoms with E-state index in [0.29, 0.717) is 31.8 Å². The SMILES string of the molecule is CC(C)(C1CCOC(=O)C1)[N+](=O)[O-].CC1(C)NC(=O)CC1CCO. The maximum atomic E-state index is 11.0. The fourth-order valence-corrected chi connectivity index (χ4v) is 3.04. The third-order valence-electron chi connectivity index (χ3n) is 5.00. The van der Waals surface area contributed by atoms with E-state index in [9.17, 15) is 19.7 Å². The Morgan fingerprint density at radius 1 is 1.38 bits per heavy atom. The van der Waals surface area contributed by atoms with Gasteiger partial charge in [-0.05, 0) is 32.6 Å². The van der Waals surface area contributed by atoms with Crippen molar-refractivity contribution in [1.29, 1.82) is 0 Å². The number of carbonyl (C=O) groups excluding carboxylic acids is 2. The summed E-state index contributed by atoms with van der Waals surface area (Å²) in [5.74, 6) is -0.136. The lowest BCUT2D eigenvalue weighted by molar-refractivity contribution is -0.572. The highest BCUT2D eigenvalue weighted by Gasteiger charge is 2.43. The quantitative estimate of drug-likeness (QED) is 0.450. The summed E-state index contributed by atoms with van der Waals surface area (Å²) in [6.07, 6.45) is 2.02. The average Bonchev–Trinajstić information content (AvgIpc) is 2.72. The van der Waals surface area contributed by atoms with Crippen LogP contribution in [0.1, 0.15) is 53.4 Å². The monoisotopic (exact) mass is 344 g/mol. The normalized spacial score (nSPS) is 26.0. The third-order valence-corrected chi connectivity index (χ3v) is 5.00. The first-order chi connectivity index (χ1) is 11.0. The second-order valence-electron chi connectivity index (χ2n) is 7.50. The molecule has 2 unspecified atom stereocenters. The molecule has 2 N–H and O–H groups in total. The Balaban J connectivity index is 0.000000243. The van der Waals surface area contributed by atoms with Crippen molar-refractivity contribution in [3.05, 3.63) is 10.1 Å². The number of esters is 1. The first kappa shape index (κ1) is 20.3. The highest BCUT2D eigenvalue weighted by Crippen LogP contribution is 2.30. The van der Waals surface area contributed by atoms with Crippen LogP contribution in [0.5, 0.6) is 0 Å². The van der Waals surface area contributed by atoms with Gasteiger partial charge in [0, 0.05) is 43.3 Å². The Hall–Kier alpha value is -1.70. The molecule has 0 aromatic rings. The van der Waals surface area contributed by atoms with Crippen LogP contribution in [0.3, 0.4) is 0 Å². The van der Waals surface area contributed by atoms with Gasteiger partial charge in [0.15, 0.2) is 0 Å². The first-order valence-electron chi connectivity index (χ1n) is 8.22. The van der Waals surface area contributed by atoms with Crippen LogP contribution in [-0.2, 0) is 14.3 Å². The van der Waals surface area contributed by atoms with E-state index in [0.717, 1.165) is 0 Å². The molecule has 2 fully saturated rings. The summed E-state index contributed by atoms with van der Waals surface area (Å²) >= 11 is 0. The lowest BCUT2D eigenvalue weighted by Crippen LogP contribution is -2.43. The smallest absolute Gasteiger partial charge is 0.306 e. The Kier molecular flexibility index (Phi) is 6.71. The van der Waals surface area contributed by atoms with Crippen molar-refractivity contribution in [1.82, 2.24) is 5.32 Å². The highest BCUT2D eigenvalue weighted by atomic mass is 16.6. The molecule has 2 aliphatic heterocycles. The number of nitrogens with zero attached hydrogens (tertiary/aromatic N) is 1. The molecule has 0 aromatic carbocycles. The van der Waals surface area contributed by atoms with Gasteiger partial charge in [-0.2, -0.15) is 0 Å². The van der Waals surface area contributed by atoms with E-state index in [2.05, 4.69) is 5.32 Å². The lowest BCUT2D eigenvalue weighted by Gasteiger charge is -2.28. The number of nitro groups is 1. The van der Waals surface area contributed by atoms with Gasteiger partial charge in [-0.3, -0.25) is 19.7 Å². The predicted octanol–water partition coefficient (Wildman–Crippen LogP) is 1.28. The number of amides is 1. The van der Waals surface area contributed by atoms with Gasteiger partial charge in [0.1, 0.15) is 0 Å². The molecule has 0 aromatic heterocycles. The molecule has 0 radical (unpaired) electrons. The maximum absolute atomic E-state index is 11.0. The third kappa shape index (κ3) is 5.15. The average molecular weight is 344 g/mol.